The van der Waals surface area contributed by atoms with Crippen molar-refractivity contribution in [2.45, 2.75) is 19.6 Å². The van der Waals surface area contributed by atoms with E-state index in [0.29, 0.717) is 0 Å². The minimum absolute atomic E-state index is 0.898. The Bertz CT molecular complexity index is 732. The number of hydrogen-bond acceptors (Lipinski definition) is 4. The number of ether oxygens (including phenoxy) is 2. The third-order valence-electron chi connectivity index (χ3n) is 3.42. The number of rotatable bonds is 6. The monoisotopic (exact) mass is 354 g/mol. The molecule has 0 saturated carbocycles. The molecule has 0 spiro atoms. The van der Waals surface area contributed by atoms with Gasteiger partial charge in [-0.2, -0.15) is 0 Å². The molecule has 0 bridgehead atoms. The third kappa shape index (κ3) is 4.08. The lowest BCUT2D eigenvalue weighted by Crippen LogP contribution is -1.86. The Balaban J connectivity index is 1.74. The van der Waals surface area contributed by atoms with Crippen LogP contribution >= 0.6 is 23.5 Å². The number of benzene rings is 3. The van der Waals surface area contributed by atoms with Crippen LogP contribution in [-0.4, -0.2) is 14.2 Å². The molecule has 0 aliphatic carbocycles. The van der Waals surface area contributed by atoms with Gasteiger partial charge in [0.25, 0.3) is 0 Å². The Kier molecular flexibility index (Phi) is 5.72. The van der Waals surface area contributed by atoms with E-state index in [1.165, 1.54) is 9.79 Å². The molecule has 122 valence electrons. The zero-order chi connectivity index (χ0) is 16.8. The van der Waals surface area contributed by atoms with Gasteiger partial charge in [-0.15, -0.1) is 0 Å². The number of para-hydroxylation sites is 2. The van der Waals surface area contributed by atoms with Crippen LogP contribution in [0.15, 0.2) is 92.4 Å². The average molecular weight is 354 g/mol. The minimum Gasteiger partial charge on any atom is -0.496 e. The maximum absolute atomic E-state index is 5.41. The number of hydrogen-bond donors (Lipinski definition) is 0. The highest BCUT2D eigenvalue weighted by Gasteiger charge is 2.06. The van der Waals surface area contributed by atoms with E-state index in [1.54, 1.807) is 37.7 Å². The summed E-state index contributed by atoms with van der Waals surface area (Å²) in [6, 6.07) is 24.6. The van der Waals surface area contributed by atoms with Gasteiger partial charge in [0.15, 0.2) is 0 Å². The maximum atomic E-state index is 5.41. The fourth-order valence-corrected chi connectivity index (χ4v) is 4.09. The van der Waals surface area contributed by atoms with Crippen LogP contribution < -0.4 is 9.47 Å². The predicted molar refractivity (Wildman–Crippen MR) is 101 cm³/mol. The molecule has 0 aromatic heterocycles. The Hall–Kier alpha value is -2.04. The van der Waals surface area contributed by atoms with E-state index in [4.69, 9.17) is 9.47 Å². The summed E-state index contributed by atoms with van der Waals surface area (Å²) < 4.78 is 10.8. The Morgan fingerprint density at radius 2 is 0.917 bits per heavy atom. The van der Waals surface area contributed by atoms with Gasteiger partial charge in [0.05, 0.1) is 24.0 Å². The normalized spacial score (nSPS) is 10.4. The second-order valence-electron chi connectivity index (χ2n) is 4.98. The molecule has 0 N–H and O–H groups in total. The molecule has 0 aliphatic rings. The Labute approximate surface area is 151 Å². The molecule has 0 atom stereocenters. The number of methoxy groups -OCH3 is 2. The molecule has 2 nitrogen and oxygen atoms in total. The highest BCUT2D eigenvalue weighted by molar-refractivity contribution is 8.00. The molecule has 0 aliphatic heterocycles. The van der Waals surface area contributed by atoms with Gasteiger partial charge in [-0.1, -0.05) is 47.8 Å². The average Bonchev–Trinajstić information content (AvgIpc) is 2.64. The van der Waals surface area contributed by atoms with Crippen LogP contribution in [0.25, 0.3) is 0 Å². The third-order valence-corrected chi connectivity index (χ3v) is 5.55. The van der Waals surface area contributed by atoms with Crippen molar-refractivity contribution in [1.82, 2.24) is 0 Å². The van der Waals surface area contributed by atoms with Crippen molar-refractivity contribution in [3.8, 4) is 11.5 Å². The molecule has 0 radical (unpaired) electrons. The molecule has 3 aromatic carbocycles. The second kappa shape index (κ2) is 8.18. The molecule has 24 heavy (non-hydrogen) atoms. The molecule has 3 aromatic rings. The van der Waals surface area contributed by atoms with E-state index in [2.05, 4.69) is 36.4 Å². The van der Waals surface area contributed by atoms with Gasteiger partial charge in [0, 0.05) is 9.79 Å². The van der Waals surface area contributed by atoms with Crippen LogP contribution in [0.4, 0.5) is 0 Å². The molecule has 4 heteroatoms. The maximum Gasteiger partial charge on any atom is 0.132 e. The van der Waals surface area contributed by atoms with E-state index in [-0.39, 0.29) is 0 Å². The van der Waals surface area contributed by atoms with Gasteiger partial charge in [0.2, 0.25) is 0 Å². The van der Waals surface area contributed by atoms with Crippen LogP contribution in [0.1, 0.15) is 0 Å². The van der Waals surface area contributed by atoms with Crippen molar-refractivity contribution < 1.29 is 9.47 Å². The highest BCUT2D eigenvalue weighted by Crippen LogP contribution is 2.38. The van der Waals surface area contributed by atoms with Crippen LogP contribution in [-0.2, 0) is 0 Å². The van der Waals surface area contributed by atoms with Gasteiger partial charge in [-0.25, -0.2) is 0 Å². The Morgan fingerprint density at radius 3 is 1.29 bits per heavy atom. The predicted octanol–water partition coefficient (Wildman–Crippen LogP) is 6.01. The molecule has 0 fully saturated rings. The molecule has 0 heterocycles. The van der Waals surface area contributed by atoms with Gasteiger partial charge >= 0.3 is 0 Å². The lowest BCUT2D eigenvalue weighted by atomic mass is 10.3. The Morgan fingerprint density at radius 1 is 0.542 bits per heavy atom. The van der Waals surface area contributed by atoms with Crippen LogP contribution in [0.2, 0.25) is 0 Å². The molecular formula is C20H18O2S2. The van der Waals surface area contributed by atoms with Gasteiger partial charge in [-0.3, -0.25) is 0 Å². The summed E-state index contributed by atoms with van der Waals surface area (Å²) in [7, 11) is 3.40. The van der Waals surface area contributed by atoms with Gasteiger partial charge < -0.3 is 9.47 Å². The van der Waals surface area contributed by atoms with Gasteiger partial charge in [0.1, 0.15) is 11.5 Å². The highest BCUT2D eigenvalue weighted by atomic mass is 32.2. The van der Waals surface area contributed by atoms with Crippen LogP contribution in [0.5, 0.6) is 11.5 Å². The summed E-state index contributed by atoms with van der Waals surface area (Å²) >= 11 is 3.41. The zero-order valence-electron chi connectivity index (χ0n) is 13.6. The van der Waals surface area contributed by atoms with E-state index >= 15 is 0 Å². The zero-order valence-corrected chi connectivity index (χ0v) is 15.2. The minimum atomic E-state index is 0.898. The van der Waals surface area contributed by atoms with Crippen molar-refractivity contribution in [3.05, 3.63) is 72.8 Å². The van der Waals surface area contributed by atoms with Crippen molar-refractivity contribution in [2.75, 3.05) is 14.2 Å². The first-order chi connectivity index (χ1) is 11.8. The lowest BCUT2D eigenvalue weighted by Gasteiger charge is -2.09. The van der Waals surface area contributed by atoms with E-state index < -0.39 is 0 Å². The molecule has 3 rings (SSSR count). The lowest BCUT2D eigenvalue weighted by molar-refractivity contribution is 0.404. The molecule has 0 saturated heterocycles. The topological polar surface area (TPSA) is 18.5 Å². The quantitative estimate of drug-likeness (QED) is 0.539. The summed E-state index contributed by atoms with van der Waals surface area (Å²) in [5.74, 6) is 1.80. The van der Waals surface area contributed by atoms with Crippen molar-refractivity contribution in [3.63, 3.8) is 0 Å². The molecule has 0 amide bonds. The van der Waals surface area contributed by atoms with E-state index in [9.17, 15) is 0 Å². The summed E-state index contributed by atoms with van der Waals surface area (Å²) in [5.41, 5.74) is 0. The molecular weight excluding hydrogens is 336 g/mol. The fraction of sp³-hybridized carbons (Fsp3) is 0.100. The first-order valence-electron chi connectivity index (χ1n) is 7.52. The van der Waals surface area contributed by atoms with Crippen LogP contribution in [0, 0.1) is 0 Å². The summed E-state index contributed by atoms with van der Waals surface area (Å²) in [5, 5.41) is 0. The first-order valence-corrected chi connectivity index (χ1v) is 9.15. The first kappa shape index (κ1) is 16.8. The van der Waals surface area contributed by atoms with Gasteiger partial charge in [-0.05, 0) is 48.5 Å². The summed E-state index contributed by atoms with van der Waals surface area (Å²) in [6.07, 6.45) is 0. The standard InChI is InChI=1S/C20H18O2S2/c1-21-17-7-3-5-9-19(17)23-15-11-13-16(14-12-15)24-20-10-6-4-8-18(20)22-2/h3-14H,1-2H3. The smallest absolute Gasteiger partial charge is 0.132 e. The fourth-order valence-electron chi connectivity index (χ4n) is 2.24. The summed E-state index contributed by atoms with van der Waals surface area (Å²) in [4.78, 5) is 4.60. The summed E-state index contributed by atoms with van der Waals surface area (Å²) in [6.45, 7) is 0. The largest absolute Gasteiger partial charge is 0.496 e. The van der Waals surface area contributed by atoms with E-state index in [0.717, 1.165) is 21.3 Å². The van der Waals surface area contributed by atoms with E-state index in [1.807, 2.05) is 36.4 Å². The van der Waals surface area contributed by atoms with Crippen molar-refractivity contribution >= 4 is 23.5 Å². The van der Waals surface area contributed by atoms with Crippen molar-refractivity contribution in [2.24, 2.45) is 0 Å². The van der Waals surface area contributed by atoms with Crippen molar-refractivity contribution in [1.29, 1.82) is 0 Å². The van der Waals surface area contributed by atoms with Crippen LogP contribution in [0.3, 0.4) is 0 Å². The SMILES string of the molecule is COc1ccccc1Sc1ccc(Sc2ccccc2OC)cc1. The second-order valence-corrected chi connectivity index (χ2v) is 7.21. The molecule has 0 unspecified atom stereocenters.